The van der Waals surface area contributed by atoms with Crippen molar-refractivity contribution in [2.45, 2.75) is 19.9 Å². The van der Waals surface area contributed by atoms with Gasteiger partial charge in [0, 0.05) is 42.2 Å². The molecule has 0 aliphatic carbocycles. The van der Waals surface area contributed by atoms with E-state index in [1.165, 1.54) is 7.11 Å². The summed E-state index contributed by atoms with van der Waals surface area (Å²) in [7, 11) is 1.39. The number of H-pyrrole nitrogens is 1. The van der Waals surface area contributed by atoms with Crippen molar-refractivity contribution >= 4 is 17.1 Å². The quantitative estimate of drug-likeness (QED) is 0.413. The summed E-state index contributed by atoms with van der Waals surface area (Å²) in [5.74, 6) is 0. The van der Waals surface area contributed by atoms with E-state index < -0.39 is 0 Å². The lowest BCUT2D eigenvalue weighted by Crippen LogP contribution is -2.36. The molecular weight excluding hydrogens is 456 g/mol. The molecule has 0 radical (unpaired) electrons. The highest BCUT2D eigenvalue weighted by atomic mass is 16.5. The molecule has 0 spiro atoms. The number of methoxy groups -OCH3 is 1. The number of nitrogens with zero attached hydrogens (tertiary/aromatic N) is 7. The van der Waals surface area contributed by atoms with Gasteiger partial charge in [-0.1, -0.05) is 6.07 Å². The molecule has 1 aliphatic rings. The molecule has 10 nitrogen and oxygen atoms in total. The van der Waals surface area contributed by atoms with Crippen LogP contribution in [0, 0.1) is 6.92 Å². The zero-order chi connectivity index (χ0) is 24.6. The molecule has 0 fully saturated rings. The molecule has 5 aromatic rings. The second-order valence-corrected chi connectivity index (χ2v) is 8.61. The van der Waals surface area contributed by atoms with Crippen molar-refractivity contribution in [2.24, 2.45) is 0 Å². The van der Waals surface area contributed by atoms with E-state index in [2.05, 4.69) is 30.4 Å². The van der Waals surface area contributed by atoms with E-state index in [9.17, 15) is 4.79 Å². The lowest BCUT2D eigenvalue weighted by Gasteiger charge is -2.26. The van der Waals surface area contributed by atoms with Gasteiger partial charge in [-0.15, -0.1) is 0 Å². The largest absolute Gasteiger partial charge is 0.453 e. The summed E-state index contributed by atoms with van der Waals surface area (Å²) in [5, 5.41) is 16.2. The van der Waals surface area contributed by atoms with Crippen molar-refractivity contribution in [1.29, 1.82) is 0 Å². The van der Waals surface area contributed by atoms with Gasteiger partial charge in [0.1, 0.15) is 5.69 Å². The van der Waals surface area contributed by atoms with Crippen LogP contribution < -0.4 is 0 Å². The molecule has 0 saturated carbocycles. The lowest BCUT2D eigenvalue weighted by atomic mass is 10.0. The minimum absolute atomic E-state index is 0.345. The van der Waals surface area contributed by atoms with Crippen molar-refractivity contribution in [2.75, 3.05) is 13.7 Å². The van der Waals surface area contributed by atoms with Gasteiger partial charge in [-0.25, -0.2) is 9.78 Å². The zero-order valence-electron chi connectivity index (χ0n) is 19.8. The molecule has 178 valence electrons. The van der Waals surface area contributed by atoms with E-state index in [-0.39, 0.29) is 6.09 Å². The maximum atomic E-state index is 12.0. The van der Waals surface area contributed by atoms with Gasteiger partial charge in [0.2, 0.25) is 0 Å². The molecule has 1 N–H and O–H groups in total. The number of aromatic nitrogens is 7. The highest BCUT2D eigenvalue weighted by molar-refractivity contribution is 5.84. The average Bonchev–Trinajstić information content (AvgIpc) is 3.41. The summed E-state index contributed by atoms with van der Waals surface area (Å²) in [6.45, 7) is 2.95. The second kappa shape index (κ2) is 8.81. The zero-order valence-corrected chi connectivity index (χ0v) is 19.8. The fourth-order valence-corrected chi connectivity index (χ4v) is 4.41. The summed E-state index contributed by atoms with van der Waals surface area (Å²) in [6, 6.07) is 13.6. The lowest BCUT2D eigenvalue weighted by molar-refractivity contribution is 0.118. The van der Waals surface area contributed by atoms with Crippen molar-refractivity contribution in [3.8, 4) is 33.9 Å². The number of pyridine rings is 3. The van der Waals surface area contributed by atoms with Crippen LogP contribution in [0.15, 0.2) is 54.9 Å². The predicted octanol–water partition coefficient (Wildman–Crippen LogP) is 3.97. The van der Waals surface area contributed by atoms with Gasteiger partial charge in [-0.2, -0.15) is 15.3 Å². The normalized spacial score (nSPS) is 13.0. The molecule has 1 aliphatic heterocycles. The number of carbonyl (C=O) groups is 1. The SMILES string of the molecule is COC(=O)N1CCc2nnc(-c3cnc4ccc(-c5c[nH]nc5-c5cccc(C)n5)nc4c3)cc2C1. The topological polar surface area (TPSA) is 123 Å². The van der Waals surface area contributed by atoms with Crippen LogP contribution in [0.25, 0.3) is 44.9 Å². The molecule has 5 aromatic heterocycles. The molecule has 6 heterocycles. The van der Waals surface area contributed by atoms with Gasteiger partial charge in [0.05, 0.1) is 47.5 Å². The molecule has 0 saturated heterocycles. The number of amides is 1. The maximum Gasteiger partial charge on any atom is 0.409 e. The number of nitrogens with one attached hydrogen (secondary N) is 1. The van der Waals surface area contributed by atoms with Crippen LogP contribution in [0.5, 0.6) is 0 Å². The van der Waals surface area contributed by atoms with Crippen LogP contribution in [0.3, 0.4) is 0 Å². The van der Waals surface area contributed by atoms with E-state index in [1.807, 2.05) is 55.6 Å². The summed E-state index contributed by atoms with van der Waals surface area (Å²) in [5.41, 5.74) is 8.88. The van der Waals surface area contributed by atoms with Crippen LogP contribution in [-0.2, 0) is 17.7 Å². The number of aromatic amines is 1. The summed E-state index contributed by atoms with van der Waals surface area (Å²) < 4.78 is 4.87. The highest BCUT2D eigenvalue weighted by Gasteiger charge is 2.23. The Morgan fingerprint density at radius 3 is 2.81 bits per heavy atom. The Kier molecular flexibility index (Phi) is 5.33. The number of aryl methyl sites for hydroxylation is 1. The van der Waals surface area contributed by atoms with Crippen LogP contribution >= 0.6 is 0 Å². The first kappa shape index (κ1) is 21.8. The maximum absolute atomic E-state index is 12.0. The molecule has 0 atom stereocenters. The third kappa shape index (κ3) is 3.92. The van der Waals surface area contributed by atoms with Crippen molar-refractivity contribution < 1.29 is 9.53 Å². The molecule has 0 aromatic carbocycles. The number of carbonyl (C=O) groups excluding carboxylic acids is 1. The molecular formula is C26H22N8O2. The van der Waals surface area contributed by atoms with Gasteiger partial charge in [0.25, 0.3) is 0 Å². The first-order valence-electron chi connectivity index (χ1n) is 11.5. The van der Waals surface area contributed by atoms with Crippen molar-refractivity contribution in [1.82, 2.24) is 40.2 Å². The Hall–Kier alpha value is -4.73. The monoisotopic (exact) mass is 478 g/mol. The third-order valence-corrected chi connectivity index (χ3v) is 6.25. The Morgan fingerprint density at radius 2 is 1.94 bits per heavy atom. The number of hydrogen-bond donors (Lipinski definition) is 1. The number of ether oxygens (including phenoxy) is 1. The van der Waals surface area contributed by atoms with E-state index >= 15 is 0 Å². The molecule has 0 bridgehead atoms. The van der Waals surface area contributed by atoms with E-state index in [4.69, 9.17) is 9.72 Å². The van der Waals surface area contributed by atoms with Gasteiger partial charge in [-0.05, 0) is 48.9 Å². The van der Waals surface area contributed by atoms with Crippen molar-refractivity contribution in [3.63, 3.8) is 0 Å². The average molecular weight is 479 g/mol. The van der Waals surface area contributed by atoms with Crippen LogP contribution in [0.1, 0.15) is 17.0 Å². The minimum Gasteiger partial charge on any atom is -0.453 e. The second-order valence-electron chi connectivity index (χ2n) is 8.61. The fraction of sp³-hybridized carbons (Fsp3) is 0.192. The first-order chi connectivity index (χ1) is 17.6. The standard InChI is InChI=1S/C26H22N8O2/c1-15-4-3-5-22(29-15)25-18(13-28-33-25)20-6-7-21-24(30-20)10-16(12-27-21)23-11-17-14-34(26(35)36-2)9-8-19(17)31-32-23/h3-7,10-13H,8-9,14H2,1-2H3,(H,28,33). The van der Waals surface area contributed by atoms with E-state index in [1.54, 1.807) is 11.1 Å². The van der Waals surface area contributed by atoms with Crippen LogP contribution in [-0.4, -0.2) is 60.0 Å². The van der Waals surface area contributed by atoms with E-state index in [0.29, 0.717) is 25.2 Å². The predicted molar refractivity (Wildman–Crippen MR) is 133 cm³/mol. The Balaban J connectivity index is 1.36. The molecule has 6 rings (SSSR count). The summed E-state index contributed by atoms with van der Waals surface area (Å²) in [6.07, 6.45) is 3.89. The smallest absolute Gasteiger partial charge is 0.409 e. The van der Waals surface area contributed by atoms with Crippen LogP contribution in [0.4, 0.5) is 4.79 Å². The molecule has 36 heavy (non-hydrogen) atoms. The molecule has 10 heteroatoms. The Morgan fingerprint density at radius 1 is 1.03 bits per heavy atom. The number of fused-ring (bicyclic) bond motifs is 2. The highest BCUT2D eigenvalue weighted by Crippen LogP contribution is 2.30. The van der Waals surface area contributed by atoms with Gasteiger partial charge in [-0.3, -0.25) is 15.1 Å². The summed E-state index contributed by atoms with van der Waals surface area (Å²) >= 11 is 0. The number of hydrogen-bond acceptors (Lipinski definition) is 8. The first-order valence-corrected chi connectivity index (χ1v) is 11.5. The molecule has 0 unspecified atom stereocenters. The van der Waals surface area contributed by atoms with Gasteiger partial charge >= 0.3 is 6.09 Å². The van der Waals surface area contributed by atoms with Gasteiger partial charge < -0.3 is 9.64 Å². The van der Waals surface area contributed by atoms with Gasteiger partial charge in [0.15, 0.2) is 0 Å². The number of rotatable bonds is 3. The van der Waals surface area contributed by atoms with Crippen LogP contribution in [0.2, 0.25) is 0 Å². The third-order valence-electron chi connectivity index (χ3n) is 6.25. The minimum atomic E-state index is -0.345. The molecule has 1 amide bonds. The fourth-order valence-electron chi connectivity index (χ4n) is 4.41. The Labute approximate surface area is 206 Å². The van der Waals surface area contributed by atoms with Crippen molar-refractivity contribution in [3.05, 3.63) is 71.8 Å². The van der Waals surface area contributed by atoms with E-state index in [0.717, 1.165) is 56.2 Å². The summed E-state index contributed by atoms with van der Waals surface area (Å²) in [4.78, 5) is 27.7. The Bertz CT molecular complexity index is 1610.